The lowest BCUT2D eigenvalue weighted by atomic mass is 10.0. The molecule has 2 N–H and O–H groups in total. The number of carbonyl (C=O) groups excluding carboxylic acids is 4. The van der Waals surface area contributed by atoms with Gasteiger partial charge in [0.25, 0.3) is 0 Å². The van der Waals surface area contributed by atoms with E-state index in [2.05, 4.69) is 10.6 Å². The summed E-state index contributed by atoms with van der Waals surface area (Å²) in [5, 5.41) is 6.08. The van der Waals surface area contributed by atoms with E-state index in [-0.39, 0.29) is 38.6 Å². The average Bonchev–Trinajstić information content (AvgIpc) is 3.34. The van der Waals surface area contributed by atoms with Gasteiger partial charge >= 0.3 is 12.1 Å². The average molecular weight is 651 g/mol. The molecule has 2 fully saturated rings. The number of allylic oxidation sites excluding steroid dienone is 1. The van der Waals surface area contributed by atoms with E-state index in [0.29, 0.717) is 36.1 Å². The molecule has 1 aliphatic carbocycles. The molecule has 0 radical (unpaired) electrons. The second-order valence-corrected chi connectivity index (χ2v) is 12.7. The van der Waals surface area contributed by atoms with E-state index in [4.69, 9.17) is 9.47 Å². The third-order valence-corrected chi connectivity index (χ3v) is 9.50. The SMILES string of the molecule is CCOC(=O)[C@@]12C[C@@H]1/C=C\CCCCC[C@H](Nc1cccc(F)c1)C(=O)N1C[C@H](OC(=O)N3Cc4cccc(F)c4C3)C[C@H]1C(=O)N2. The zero-order valence-corrected chi connectivity index (χ0v) is 26.4. The number of hydrogen-bond donors (Lipinski definition) is 2. The van der Waals surface area contributed by atoms with Crippen molar-refractivity contribution in [2.45, 2.75) is 88.7 Å². The summed E-state index contributed by atoms with van der Waals surface area (Å²) < 4.78 is 39.6. The van der Waals surface area contributed by atoms with E-state index in [1.807, 2.05) is 12.2 Å². The maximum Gasteiger partial charge on any atom is 0.410 e. The number of halogens is 2. The Hall–Kier alpha value is -4.48. The van der Waals surface area contributed by atoms with E-state index >= 15 is 0 Å². The number of ether oxygens (including phenoxy) is 2. The number of carbonyl (C=O) groups is 4. The van der Waals surface area contributed by atoms with Crippen LogP contribution in [0.25, 0.3) is 0 Å². The van der Waals surface area contributed by atoms with Gasteiger partial charge in [-0.1, -0.05) is 43.2 Å². The first-order chi connectivity index (χ1) is 22.7. The molecule has 3 amide bonds. The Balaban J connectivity index is 1.25. The zero-order chi connectivity index (χ0) is 33.1. The molecular weight excluding hydrogens is 610 g/mol. The quantitative estimate of drug-likeness (QED) is 0.352. The van der Waals surface area contributed by atoms with Crippen LogP contribution >= 0.6 is 0 Å². The van der Waals surface area contributed by atoms with Crippen LogP contribution in [0.3, 0.4) is 0 Å². The monoisotopic (exact) mass is 650 g/mol. The van der Waals surface area contributed by atoms with Gasteiger partial charge in [0, 0.05) is 30.1 Å². The van der Waals surface area contributed by atoms with Crippen LogP contribution in [0.4, 0.5) is 19.3 Å². The zero-order valence-electron chi connectivity index (χ0n) is 26.4. The van der Waals surface area contributed by atoms with Gasteiger partial charge in [-0.05, 0) is 62.4 Å². The lowest BCUT2D eigenvalue weighted by molar-refractivity contribution is -0.150. The predicted octanol–water partition coefficient (Wildman–Crippen LogP) is 4.83. The summed E-state index contributed by atoms with van der Waals surface area (Å²) in [6, 6.07) is 8.69. The molecule has 3 aliphatic heterocycles. The van der Waals surface area contributed by atoms with Crippen LogP contribution in [-0.4, -0.2) is 70.6 Å². The Morgan fingerprint density at radius 1 is 1.09 bits per heavy atom. The summed E-state index contributed by atoms with van der Waals surface area (Å²) in [5.74, 6) is -2.56. The molecule has 2 aromatic carbocycles. The fourth-order valence-corrected chi connectivity index (χ4v) is 6.90. The Morgan fingerprint density at radius 2 is 1.91 bits per heavy atom. The highest BCUT2D eigenvalue weighted by atomic mass is 19.1. The van der Waals surface area contributed by atoms with Gasteiger partial charge in [0.2, 0.25) is 11.8 Å². The summed E-state index contributed by atoms with van der Waals surface area (Å²) in [6.45, 7) is 2.02. The first-order valence-electron chi connectivity index (χ1n) is 16.4. The molecule has 5 atom stereocenters. The maximum absolute atomic E-state index is 14.3. The summed E-state index contributed by atoms with van der Waals surface area (Å²) >= 11 is 0. The molecule has 1 saturated carbocycles. The van der Waals surface area contributed by atoms with E-state index < -0.39 is 59.2 Å². The normalized spacial score (nSPS) is 28.1. The number of nitrogens with zero attached hydrogens (tertiary/aromatic N) is 2. The molecule has 1 saturated heterocycles. The number of fused-ring (bicyclic) bond motifs is 3. The third kappa shape index (κ3) is 6.96. The highest BCUT2D eigenvalue weighted by Gasteiger charge is 2.62. The largest absolute Gasteiger partial charge is 0.464 e. The van der Waals surface area contributed by atoms with Crippen molar-refractivity contribution in [2.75, 3.05) is 18.5 Å². The number of rotatable bonds is 5. The fraction of sp³-hybridized carbons (Fsp3) is 0.486. The molecule has 12 heteroatoms. The van der Waals surface area contributed by atoms with Gasteiger partial charge in [0.05, 0.1) is 19.7 Å². The standard InChI is InChI=1S/C35H40F2N4O6/c1-2-46-33(44)35-18-23(35)11-6-4-3-5-7-15-29(38-25-13-9-12-24(36)16-25)32(43)41-20-26(17-30(41)31(42)39-35)47-34(45)40-19-22-10-8-14-28(37)27(22)21-40/h6,8-14,16,23,26,29-30,38H,2-5,7,15,17-21H2,1H3,(H,39,42)/b11-6-/t23-,26+,29-,30-,35+/m0/s1. The highest BCUT2D eigenvalue weighted by Crippen LogP contribution is 2.46. The van der Waals surface area contributed by atoms with Crippen molar-refractivity contribution in [3.63, 3.8) is 0 Å². The van der Waals surface area contributed by atoms with Crippen LogP contribution in [0.15, 0.2) is 54.6 Å². The number of anilines is 1. The van der Waals surface area contributed by atoms with Crippen LogP contribution in [-0.2, 0) is 36.9 Å². The molecule has 0 bridgehead atoms. The van der Waals surface area contributed by atoms with E-state index in [1.54, 1.807) is 31.2 Å². The van der Waals surface area contributed by atoms with Gasteiger partial charge in [-0.3, -0.25) is 14.5 Å². The van der Waals surface area contributed by atoms with Crippen LogP contribution in [0.5, 0.6) is 0 Å². The highest BCUT2D eigenvalue weighted by molar-refractivity contribution is 5.96. The van der Waals surface area contributed by atoms with E-state index in [1.165, 1.54) is 28.0 Å². The summed E-state index contributed by atoms with van der Waals surface area (Å²) in [7, 11) is 0. The van der Waals surface area contributed by atoms with Gasteiger partial charge in [-0.25, -0.2) is 18.4 Å². The molecule has 0 unspecified atom stereocenters. The van der Waals surface area contributed by atoms with Gasteiger partial charge in [0.15, 0.2) is 0 Å². The van der Waals surface area contributed by atoms with Crippen molar-refractivity contribution in [3.05, 3.63) is 77.4 Å². The van der Waals surface area contributed by atoms with Crippen LogP contribution in [0.2, 0.25) is 0 Å². The number of nitrogens with one attached hydrogen (secondary N) is 2. The third-order valence-electron chi connectivity index (χ3n) is 9.50. The fourth-order valence-electron chi connectivity index (χ4n) is 6.90. The smallest absolute Gasteiger partial charge is 0.410 e. The van der Waals surface area contributed by atoms with Crippen LogP contribution in [0.1, 0.15) is 63.0 Å². The minimum Gasteiger partial charge on any atom is -0.464 e. The first-order valence-corrected chi connectivity index (χ1v) is 16.4. The molecule has 6 rings (SSSR count). The van der Waals surface area contributed by atoms with Crippen molar-refractivity contribution >= 4 is 29.6 Å². The predicted molar refractivity (Wildman–Crippen MR) is 168 cm³/mol. The van der Waals surface area contributed by atoms with Crippen LogP contribution < -0.4 is 10.6 Å². The van der Waals surface area contributed by atoms with Gasteiger partial charge < -0.3 is 25.0 Å². The van der Waals surface area contributed by atoms with E-state index in [9.17, 15) is 28.0 Å². The number of hydrogen-bond acceptors (Lipinski definition) is 7. The molecule has 47 heavy (non-hydrogen) atoms. The second kappa shape index (κ2) is 13.7. The Kier molecular flexibility index (Phi) is 9.47. The number of esters is 1. The van der Waals surface area contributed by atoms with Gasteiger partial charge in [0.1, 0.15) is 35.4 Å². The topological polar surface area (TPSA) is 117 Å². The molecule has 2 aromatic rings. The van der Waals surface area contributed by atoms with E-state index in [0.717, 1.165) is 19.3 Å². The van der Waals surface area contributed by atoms with Crippen molar-refractivity contribution in [1.82, 2.24) is 15.1 Å². The van der Waals surface area contributed by atoms with Crippen molar-refractivity contribution in [1.29, 1.82) is 0 Å². The minimum absolute atomic E-state index is 0.00452. The Bertz CT molecular complexity index is 1570. The Labute approximate surface area is 272 Å². The number of amides is 3. The molecule has 10 nitrogen and oxygen atoms in total. The number of benzene rings is 2. The van der Waals surface area contributed by atoms with Crippen molar-refractivity contribution < 1.29 is 37.4 Å². The summed E-state index contributed by atoms with van der Waals surface area (Å²) in [5.41, 5.74) is 0.314. The van der Waals surface area contributed by atoms with Gasteiger partial charge in [-0.15, -0.1) is 0 Å². The summed E-state index contributed by atoms with van der Waals surface area (Å²) in [6.07, 6.45) is 6.48. The first kappa shape index (κ1) is 32.5. The molecule has 3 heterocycles. The van der Waals surface area contributed by atoms with Crippen molar-refractivity contribution in [3.8, 4) is 0 Å². The van der Waals surface area contributed by atoms with Crippen molar-refractivity contribution in [2.24, 2.45) is 5.92 Å². The molecule has 0 aromatic heterocycles. The molecule has 0 spiro atoms. The van der Waals surface area contributed by atoms with Gasteiger partial charge in [-0.2, -0.15) is 0 Å². The lowest BCUT2D eigenvalue weighted by Gasteiger charge is -2.30. The summed E-state index contributed by atoms with van der Waals surface area (Å²) in [4.78, 5) is 57.5. The minimum atomic E-state index is -1.24. The molecular formula is C35H40F2N4O6. The lowest BCUT2D eigenvalue weighted by Crippen LogP contribution is -2.55. The maximum atomic E-state index is 14.3. The van der Waals surface area contributed by atoms with Crippen LogP contribution in [0, 0.1) is 17.6 Å². The molecule has 4 aliphatic rings. The second-order valence-electron chi connectivity index (χ2n) is 12.7. The Morgan fingerprint density at radius 3 is 2.70 bits per heavy atom. The molecule has 250 valence electrons.